The molecular weight excluding hydrogens is 238 g/mol. The molecule has 17 heavy (non-hydrogen) atoms. The number of anilines is 1. The Balaban J connectivity index is 0.00000144. The van der Waals surface area contributed by atoms with Gasteiger partial charge in [0.25, 0.3) is 5.91 Å². The van der Waals surface area contributed by atoms with E-state index in [0.29, 0.717) is 17.4 Å². The Kier molecular flexibility index (Phi) is 4.75. The molecule has 2 rings (SSSR count). The summed E-state index contributed by atoms with van der Waals surface area (Å²) in [4.78, 5) is 18.0. The predicted octanol–water partition coefficient (Wildman–Crippen LogP) is 1.96. The predicted molar refractivity (Wildman–Crippen MR) is 70.2 cm³/mol. The maximum Gasteiger partial charge on any atom is 0.272 e. The molecule has 5 heteroatoms. The number of nitrogen functional groups attached to an aromatic ring is 1. The number of rotatable bonds is 2. The van der Waals surface area contributed by atoms with Gasteiger partial charge in [-0.15, -0.1) is 12.4 Å². The Hall–Kier alpha value is -1.29. The molecule has 0 aromatic carbocycles. The van der Waals surface area contributed by atoms with Crippen molar-refractivity contribution in [3.8, 4) is 0 Å². The first-order chi connectivity index (χ1) is 7.70. The largest absolute Gasteiger partial charge is 0.384 e. The van der Waals surface area contributed by atoms with Crippen LogP contribution in [0.1, 0.15) is 30.3 Å². The summed E-state index contributed by atoms with van der Waals surface area (Å²) in [6.45, 7) is 3.86. The second-order valence-corrected chi connectivity index (χ2v) is 4.26. The zero-order valence-electron chi connectivity index (χ0n) is 9.93. The molecule has 1 aliphatic heterocycles. The van der Waals surface area contributed by atoms with Gasteiger partial charge in [0.05, 0.1) is 0 Å². The number of likely N-dealkylation sites (tertiary alicyclic amines) is 1. The Morgan fingerprint density at radius 1 is 1.59 bits per heavy atom. The summed E-state index contributed by atoms with van der Waals surface area (Å²) in [5.74, 6) is 1.05. The van der Waals surface area contributed by atoms with Gasteiger partial charge < -0.3 is 10.6 Å². The van der Waals surface area contributed by atoms with Crippen LogP contribution in [0.25, 0.3) is 0 Å². The van der Waals surface area contributed by atoms with Crippen molar-refractivity contribution in [1.82, 2.24) is 9.88 Å². The van der Waals surface area contributed by atoms with Crippen LogP contribution in [0.5, 0.6) is 0 Å². The lowest BCUT2D eigenvalue weighted by molar-refractivity contribution is 0.0781. The SMILES string of the molecule is CCC1CCN(C(=O)c2cccc(N)n2)C1.Cl. The molecule has 4 nitrogen and oxygen atoms in total. The monoisotopic (exact) mass is 255 g/mol. The molecule has 1 aromatic heterocycles. The number of carbonyl (C=O) groups is 1. The summed E-state index contributed by atoms with van der Waals surface area (Å²) in [6.07, 6.45) is 2.23. The maximum absolute atomic E-state index is 12.1. The molecule has 0 saturated carbocycles. The number of pyridine rings is 1. The highest BCUT2D eigenvalue weighted by atomic mass is 35.5. The zero-order chi connectivity index (χ0) is 11.5. The van der Waals surface area contributed by atoms with E-state index in [1.807, 2.05) is 4.90 Å². The zero-order valence-corrected chi connectivity index (χ0v) is 10.7. The van der Waals surface area contributed by atoms with E-state index in [9.17, 15) is 4.79 Å². The number of nitrogens with zero attached hydrogens (tertiary/aromatic N) is 2. The minimum Gasteiger partial charge on any atom is -0.384 e. The standard InChI is InChI=1S/C12H17N3O.ClH/c1-2-9-6-7-15(8-9)12(16)10-4-3-5-11(13)14-10;/h3-5,9H,2,6-8H2,1H3,(H2,13,14);1H. The molecular formula is C12H18ClN3O. The summed E-state index contributed by atoms with van der Waals surface area (Å²) in [5.41, 5.74) is 6.02. The Bertz CT molecular complexity index is 397. The fourth-order valence-electron chi connectivity index (χ4n) is 2.08. The number of nitrogens with two attached hydrogens (primary N) is 1. The fourth-order valence-corrected chi connectivity index (χ4v) is 2.08. The highest BCUT2D eigenvalue weighted by molar-refractivity contribution is 5.92. The van der Waals surface area contributed by atoms with Crippen molar-refractivity contribution in [3.63, 3.8) is 0 Å². The van der Waals surface area contributed by atoms with Crippen molar-refractivity contribution >= 4 is 24.1 Å². The third-order valence-corrected chi connectivity index (χ3v) is 3.14. The number of aromatic nitrogens is 1. The second-order valence-electron chi connectivity index (χ2n) is 4.26. The molecule has 1 amide bonds. The van der Waals surface area contributed by atoms with E-state index < -0.39 is 0 Å². The third kappa shape index (κ3) is 3.09. The average molecular weight is 256 g/mol. The van der Waals surface area contributed by atoms with Crippen LogP contribution in [0.3, 0.4) is 0 Å². The van der Waals surface area contributed by atoms with Gasteiger partial charge in [-0.1, -0.05) is 19.4 Å². The van der Waals surface area contributed by atoms with E-state index in [4.69, 9.17) is 5.73 Å². The van der Waals surface area contributed by atoms with Gasteiger partial charge in [-0.3, -0.25) is 4.79 Å². The highest BCUT2D eigenvalue weighted by Gasteiger charge is 2.26. The van der Waals surface area contributed by atoms with E-state index in [0.717, 1.165) is 25.9 Å². The fraction of sp³-hybridized carbons (Fsp3) is 0.500. The first-order valence-corrected chi connectivity index (χ1v) is 5.72. The van der Waals surface area contributed by atoms with E-state index in [1.165, 1.54) is 0 Å². The molecule has 0 spiro atoms. The highest BCUT2D eigenvalue weighted by Crippen LogP contribution is 2.20. The number of halogens is 1. The Labute approximate surface area is 108 Å². The molecule has 1 aliphatic rings. The molecule has 1 atom stereocenters. The second kappa shape index (κ2) is 5.87. The Morgan fingerprint density at radius 3 is 2.94 bits per heavy atom. The van der Waals surface area contributed by atoms with Gasteiger partial charge in [0, 0.05) is 13.1 Å². The van der Waals surface area contributed by atoms with Crippen LogP contribution in [-0.4, -0.2) is 28.9 Å². The molecule has 1 aromatic rings. The molecule has 94 valence electrons. The van der Waals surface area contributed by atoms with Crippen molar-refractivity contribution in [3.05, 3.63) is 23.9 Å². The van der Waals surface area contributed by atoms with Gasteiger partial charge in [0.2, 0.25) is 0 Å². The molecule has 2 heterocycles. The van der Waals surface area contributed by atoms with E-state index in [1.54, 1.807) is 18.2 Å². The summed E-state index contributed by atoms with van der Waals surface area (Å²) >= 11 is 0. The topological polar surface area (TPSA) is 59.2 Å². The van der Waals surface area contributed by atoms with Crippen molar-refractivity contribution in [2.45, 2.75) is 19.8 Å². The van der Waals surface area contributed by atoms with Crippen molar-refractivity contribution < 1.29 is 4.79 Å². The lowest BCUT2D eigenvalue weighted by Crippen LogP contribution is -2.29. The third-order valence-electron chi connectivity index (χ3n) is 3.14. The summed E-state index contributed by atoms with van der Waals surface area (Å²) < 4.78 is 0. The van der Waals surface area contributed by atoms with Gasteiger partial charge in [0.15, 0.2) is 0 Å². The van der Waals surface area contributed by atoms with Crippen LogP contribution in [0.4, 0.5) is 5.82 Å². The molecule has 1 saturated heterocycles. The minimum absolute atomic E-state index is 0. The van der Waals surface area contributed by atoms with E-state index in [-0.39, 0.29) is 18.3 Å². The van der Waals surface area contributed by atoms with Crippen LogP contribution < -0.4 is 5.73 Å². The lowest BCUT2D eigenvalue weighted by Gasteiger charge is -2.15. The smallest absolute Gasteiger partial charge is 0.272 e. The number of amides is 1. The summed E-state index contributed by atoms with van der Waals surface area (Å²) in [5, 5.41) is 0. The number of hydrogen-bond donors (Lipinski definition) is 1. The normalized spacial score (nSPS) is 18.9. The molecule has 1 fully saturated rings. The van der Waals surface area contributed by atoms with Crippen LogP contribution >= 0.6 is 12.4 Å². The molecule has 2 N–H and O–H groups in total. The van der Waals surface area contributed by atoms with Gasteiger partial charge in [0.1, 0.15) is 11.5 Å². The van der Waals surface area contributed by atoms with Crippen LogP contribution in [0.2, 0.25) is 0 Å². The minimum atomic E-state index is 0. The number of carbonyl (C=O) groups excluding carboxylic acids is 1. The van der Waals surface area contributed by atoms with Gasteiger partial charge in [-0.05, 0) is 24.5 Å². The quantitative estimate of drug-likeness (QED) is 0.879. The molecule has 0 aliphatic carbocycles. The van der Waals surface area contributed by atoms with Crippen molar-refractivity contribution in [2.24, 2.45) is 5.92 Å². The number of hydrogen-bond acceptors (Lipinski definition) is 3. The molecule has 1 unspecified atom stereocenters. The van der Waals surface area contributed by atoms with Crippen molar-refractivity contribution in [1.29, 1.82) is 0 Å². The Morgan fingerprint density at radius 2 is 2.35 bits per heavy atom. The first-order valence-electron chi connectivity index (χ1n) is 5.72. The van der Waals surface area contributed by atoms with Gasteiger partial charge in [-0.25, -0.2) is 4.98 Å². The van der Waals surface area contributed by atoms with E-state index >= 15 is 0 Å². The average Bonchev–Trinajstić information content (AvgIpc) is 2.76. The summed E-state index contributed by atoms with van der Waals surface area (Å²) in [7, 11) is 0. The molecule has 0 radical (unpaired) electrons. The van der Waals surface area contributed by atoms with Gasteiger partial charge >= 0.3 is 0 Å². The lowest BCUT2D eigenvalue weighted by atomic mass is 10.1. The molecule has 0 bridgehead atoms. The van der Waals surface area contributed by atoms with E-state index in [2.05, 4.69) is 11.9 Å². The first kappa shape index (κ1) is 13.8. The van der Waals surface area contributed by atoms with Crippen LogP contribution in [0, 0.1) is 5.92 Å². The van der Waals surface area contributed by atoms with Crippen LogP contribution in [0.15, 0.2) is 18.2 Å². The van der Waals surface area contributed by atoms with Gasteiger partial charge in [-0.2, -0.15) is 0 Å². The maximum atomic E-state index is 12.1. The summed E-state index contributed by atoms with van der Waals surface area (Å²) in [6, 6.07) is 5.18. The van der Waals surface area contributed by atoms with Crippen molar-refractivity contribution in [2.75, 3.05) is 18.8 Å². The van der Waals surface area contributed by atoms with Crippen LogP contribution in [-0.2, 0) is 0 Å².